The van der Waals surface area contributed by atoms with E-state index in [9.17, 15) is 4.79 Å². The first-order chi connectivity index (χ1) is 9.56. The van der Waals surface area contributed by atoms with E-state index in [1.165, 1.54) is 0 Å². The predicted molar refractivity (Wildman–Crippen MR) is 80.7 cm³/mol. The summed E-state index contributed by atoms with van der Waals surface area (Å²) in [6.07, 6.45) is 0.156. The summed E-state index contributed by atoms with van der Waals surface area (Å²) in [5, 5.41) is 3.39. The lowest BCUT2D eigenvalue weighted by molar-refractivity contribution is -0.143. The third-order valence-electron chi connectivity index (χ3n) is 3.05. The average Bonchev–Trinajstić information content (AvgIpc) is 2.78. The summed E-state index contributed by atoms with van der Waals surface area (Å²) in [7, 11) is 0. The molecule has 4 nitrogen and oxygen atoms in total. The first-order valence-corrected chi connectivity index (χ1v) is 7.68. The SMILES string of the molecule is CC(C)CNCc1cc(OC2CCOC2=O)ccc1Br. The second-order valence-electron chi connectivity index (χ2n) is 5.34. The van der Waals surface area contributed by atoms with E-state index < -0.39 is 6.10 Å². The number of rotatable bonds is 6. The molecule has 1 unspecified atom stereocenters. The third kappa shape index (κ3) is 4.21. The Balaban J connectivity index is 1.98. The van der Waals surface area contributed by atoms with E-state index >= 15 is 0 Å². The van der Waals surface area contributed by atoms with Crippen LogP contribution >= 0.6 is 15.9 Å². The van der Waals surface area contributed by atoms with Crippen molar-refractivity contribution >= 4 is 21.9 Å². The minimum Gasteiger partial charge on any atom is -0.479 e. The van der Waals surface area contributed by atoms with Gasteiger partial charge in [0.25, 0.3) is 0 Å². The zero-order valence-electron chi connectivity index (χ0n) is 11.8. The van der Waals surface area contributed by atoms with Crippen molar-refractivity contribution in [1.29, 1.82) is 0 Å². The summed E-state index contributed by atoms with van der Waals surface area (Å²) in [5.74, 6) is 1.05. The second kappa shape index (κ2) is 7.09. The fourth-order valence-electron chi connectivity index (χ4n) is 2.00. The molecule has 5 heteroatoms. The van der Waals surface area contributed by atoms with Gasteiger partial charge in [0.1, 0.15) is 5.75 Å². The number of ether oxygens (including phenoxy) is 2. The molecule has 1 atom stereocenters. The molecule has 1 fully saturated rings. The molecule has 1 saturated heterocycles. The molecule has 1 aromatic carbocycles. The van der Waals surface area contributed by atoms with Crippen molar-refractivity contribution in [3.05, 3.63) is 28.2 Å². The zero-order valence-corrected chi connectivity index (χ0v) is 13.4. The summed E-state index contributed by atoms with van der Waals surface area (Å²) in [5.41, 5.74) is 1.12. The van der Waals surface area contributed by atoms with E-state index in [1.54, 1.807) is 0 Å². The van der Waals surface area contributed by atoms with Crippen LogP contribution in [0.25, 0.3) is 0 Å². The van der Waals surface area contributed by atoms with E-state index in [-0.39, 0.29) is 5.97 Å². The Morgan fingerprint density at radius 2 is 2.30 bits per heavy atom. The maximum Gasteiger partial charge on any atom is 0.347 e. The van der Waals surface area contributed by atoms with Crippen molar-refractivity contribution in [3.63, 3.8) is 0 Å². The van der Waals surface area contributed by atoms with Gasteiger partial charge in [-0.25, -0.2) is 4.79 Å². The molecule has 2 rings (SSSR count). The maximum atomic E-state index is 11.4. The Bertz CT molecular complexity index is 476. The largest absolute Gasteiger partial charge is 0.479 e. The first-order valence-electron chi connectivity index (χ1n) is 6.88. The lowest BCUT2D eigenvalue weighted by Gasteiger charge is -2.13. The van der Waals surface area contributed by atoms with Crippen LogP contribution in [-0.2, 0) is 16.1 Å². The lowest BCUT2D eigenvalue weighted by atomic mass is 10.2. The van der Waals surface area contributed by atoms with Crippen LogP contribution in [0.3, 0.4) is 0 Å². The van der Waals surface area contributed by atoms with Crippen LogP contribution in [0.2, 0.25) is 0 Å². The highest BCUT2D eigenvalue weighted by Crippen LogP contribution is 2.25. The van der Waals surface area contributed by atoms with E-state index in [4.69, 9.17) is 9.47 Å². The van der Waals surface area contributed by atoms with Crippen LogP contribution in [0.4, 0.5) is 0 Å². The summed E-state index contributed by atoms with van der Waals surface area (Å²) < 4.78 is 11.6. The Labute approximate surface area is 128 Å². The van der Waals surface area contributed by atoms with Crippen LogP contribution < -0.4 is 10.1 Å². The lowest BCUT2D eigenvalue weighted by Crippen LogP contribution is -2.22. The Hall–Kier alpha value is -1.07. The van der Waals surface area contributed by atoms with Gasteiger partial charge in [-0.3, -0.25) is 0 Å². The van der Waals surface area contributed by atoms with E-state index in [0.29, 0.717) is 24.7 Å². The molecular formula is C15H20BrNO3. The van der Waals surface area contributed by atoms with Crippen molar-refractivity contribution in [1.82, 2.24) is 5.32 Å². The van der Waals surface area contributed by atoms with Gasteiger partial charge < -0.3 is 14.8 Å². The van der Waals surface area contributed by atoms with Gasteiger partial charge >= 0.3 is 5.97 Å². The molecule has 1 heterocycles. The summed E-state index contributed by atoms with van der Waals surface area (Å²) in [4.78, 5) is 11.4. The zero-order chi connectivity index (χ0) is 14.5. The molecular weight excluding hydrogens is 322 g/mol. The molecule has 1 aliphatic rings. The van der Waals surface area contributed by atoms with Gasteiger partial charge in [0.15, 0.2) is 6.10 Å². The normalized spacial score (nSPS) is 18.4. The van der Waals surface area contributed by atoms with Gasteiger partial charge in [-0.05, 0) is 36.2 Å². The second-order valence-corrected chi connectivity index (χ2v) is 6.19. The van der Waals surface area contributed by atoms with Gasteiger partial charge in [0.2, 0.25) is 0 Å². The van der Waals surface area contributed by atoms with Crippen LogP contribution in [0.5, 0.6) is 5.75 Å². The van der Waals surface area contributed by atoms with Crippen LogP contribution in [0, 0.1) is 5.92 Å². The van der Waals surface area contributed by atoms with Gasteiger partial charge in [-0.1, -0.05) is 29.8 Å². The Kier molecular flexibility index (Phi) is 5.43. The number of carbonyl (C=O) groups excluding carboxylic acids is 1. The average molecular weight is 342 g/mol. The summed E-state index contributed by atoms with van der Waals surface area (Å²) >= 11 is 3.54. The third-order valence-corrected chi connectivity index (χ3v) is 3.82. The van der Waals surface area contributed by atoms with Crippen LogP contribution in [0.1, 0.15) is 25.8 Å². The number of hydrogen-bond acceptors (Lipinski definition) is 4. The molecule has 0 amide bonds. The number of esters is 1. The topological polar surface area (TPSA) is 47.6 Å². The van der Waals surface area contributed by atoms with Crippen LogP contribution in [0.15, 0.2) is 22.7 Å². The van der Waals surface area contributed by atoms with E-state index in [1.807, 2.05) is 18.2 Å². The minimum absolute atomic E-state index is 0.271. The standard InChI is InChI=1S/C15H20BrNO3/c1-10(2)8-17-9-11-7-12(3-4-13(11)16)20-14-5-6-19-15(14)18/h3-4,7,10,14,17H,5-6,8-9H2,1-2H3. The molecule has 1 aliphatic heterocycles. The monoisotopic (exact) mass is 341 g/mol. The summed E-state index contributed by atoms with van der Waals surface area (Å²) in [6.45, 7) is 6.53. The molecule has 20 heavy (non-hydrogen) atoms. The Morgan fingerprint density at radius 3 is 2.95 bits per heavy atom. The smallest absolute Gasteiger partial charge is 0.347 e. The first kappa shape index (κ1) is 15.3. The van der Waals surface area contributed by atoms with Crippen LogP contribution in [-0.4, -0.2) is 25.2 Å². The number of hydrogen-bond donors (Lipinski definition) is 1. The van der Waals surface area contributed by atoms with Gasteiger partial charge in [0.05, 0.1) is 6.61 Å². The minimum atomic E-state index is -0.465. The molecule has 110 valence electrons. The van der Waals surface area contributed by atoms with Crippen molar-refractivity contribution in [2.45, 2.75) is 32.9 Å². The molecule has 0 aromatic heterocycles. The fraction of sp³-hybridized carbons (Fsp3) is 0.533. The quantitative estimate of drug-likeness (QED) is 0.808. The molecule has 0 spiro atoms. The van der Waals surface area contributed by atoms with E-state index in [2.05, 4.69) is 35.1 Å². The maximum absolute atomic E-state index is 11.4. The number of halogens is 1. The van der Waals surface area contributed by atoms with Crippen molar-refractivity contribution in [2.24, 2.45) is 5.92 Å². The highest BCUT2D eigenvalue weighted by molar-refractivity contribution is 9.10. The van der Waals surface area contributed by atoms with Crippen molar-refractivity contribution < 1.29 is 14.3 Å². The molecule has 0 aliphatic carbocycles. The number of benzene rings is 1. The predicted octanol–water partition coefficient (Wildman–Crippen LogP) is 2.89. The summed E-state index contributed by atoms with van der Waals surface area (Å²) in [6, 6.07) is 5.77. The molecule has 1 aromatic rings. The number of cyclic esters (lactones) is 1. The van der Waals surface area contributed by atoms with Crippen molar-refractivity contribution in [3.8, 4) is 5.75 Å². The molecule has 1 N–H and O–H groups in total. The number of carbonyl (C=O) groups is 1. The Morgan fingerprint density at radius 1 is 1.50 bits per heavy atom. The fourth-order valence-corrected chi connectivity index (χ4v) is 2.39. The molecule has 0 saturated carbocycles. The van der Waals surface area contributed by atoms with E-state index in [0.717, 1.165) is 23.1 Å². The molecule has 0 bridgehead atoms. The van der Waals surface area contributed by atoms with Gasteiger partial charge in [0, 0.05) is 17.4 Å². The number of nitrogens with one attached hydrogen (secondary N) is 1. The van der Waals surface area contributed by atoms with Gasteiger partial charge in [-0.15, -0.1) is 0 Å². The van der Waals surface area contributed by atoms with Gasteiger partial charge in [-0.2, -0.15) is 0 Å². The van der Waals surface area contributed by atoms with Crippen molar-refractivity contribution in [2.75, 3.05) is 13.2 Å². The highest BCUT2D eigenvalue weighted by atomic mass is 79.9. The highest BCUT2D eigenvalue weighted by Gasteiger charge is 2.28. The molecule has 0 radical (unpaired) electrons.